The van der Waals surface area contributed by atoms with E-state index in [1.807, 2.05) is 6.92 Å². The second kappa shape index (κ2) is 3.34. The molecule has 3 nitrogen and oxygen atoms in total. The van der Waals surface area contributed by atoms with Crippen LogP contribution in [0.15, 0.2) is 0 Å². The molecule has 1 fully saturated rings. The molecular weight excluding hydrogens is 200 g/mol. The SMILES string of the molecule is CC1OCC1C(=O)OCBr. The molecule has 10 heavy (non-hydrogen) atoms. The molecule has 1 heterocycles. The predicted octanol–water partition coefficient (Wildman–Crippen LogP) is 0.917. The molecule has 1 saturated heterocycles. The number of esters is 1. The van der Waals surface area contributed by atoms with Crippen molar-refractivity contribution < 1.29 is 14.3 Å². The minimum Gasteiger partial charge on any atom is -0.454 e. The van der Waals surface area contributed by atoms with E-state index in [1.54, 1.807) is 0 Å². The molecule has 1 aliphatic heterocycles. The summed E-state index contributed by atoms with van der Waals surface area (Å²) in [5.74, 6) is -0.215. The van der Waals surface area contributed by atoms with Gasteiger partial charge in [0.25, 0.3) is 0 Å². The summed E-state index contributed by atoms with van der Waals surface area (Å²) in [6, 6.07) is 0. The lowest BCUT2D eigenvalue weighted by atomic mass is 10.0. The van der Waals surface area contributed by atoms with Crippen LogP contribution in [-0.4, -0.2) is 24.2 Å². The van der Waals surface area contributed by atoms with Gasteiger partial charge < -0.3 is 9.47 Å². The molecule has 0 aromatic rings. The van der Waals surface area contributed by atoms with Crippen LogP contribution in [0.2, 0.25) is 0 Å². The molecule has 0 N–H and O–H groups in total. The van der Waals surface area contributed by atoms with Gasteiger partial charge in [-0.15, -0.1) is 0 Å². The van der Waals surface area contributed by atoms with Gasteiger partial charge in [0.2, 0.25) is 0 Å². The molecule has 0 aromatic carbocycles. The zero-order chi connectivity index (χ0) is 7.56. The van der Waals surface area contributed by atoms with E-state index in [9.17, 15) is 4.79 Å². The van der Waals surface area contributed by atoms with Crippen molar-refractivity contribution in [2.45, 2.75) is 13.0 Å². The molecule has 1 rings (SSSR count). The fraction of sp³-hybridized carbons (Fsp3) is 0.833. The molecule has 0 spiro atoms. The van der Waals surface area contributed by atoms with Crippen molar-refractivity contribution in [3.8, 4) is 0 Å². The Hall–Kier alpha value is -0.0900. The molecule has 0 radical (unpaired) electrons. The van der Waals surface area contributed by atoms with Gasteiger partial charge in [0, 0.05) is 0 Å². The summed E-state index contributed by atoms with van der Waals surface area (Å²) in [6.45, 7) is 2.37. The molecular formula is C6H9BrO3. The molecule has 0 aliphatic carbocycles. The van der Waals surface area contributed by atoms with Crippen LogP contribution in [0.4, 0.5) is 0 Å². The first-order valence-corrected chi connectivity index (χ1v) is 4.22. The molecule has 0 bridgehead atoms. The third-order valence-corrected chi connectivity index (χ3v) is 1.83. The summed E-state index contributed by atoms with van der Waals surface area (Å²) >= 11 is 3.01. The third-order valence-electron chi connectivity index (χ3n) is 1.60. The van der Waals surface area contributed by atoms with Crippen LogP contribution in [0.1, 0.15) is 6.92 Å². The van der Waals surface area contributed by atoms with Crippen LogP contribution in [0, 0.1) is 5.92 Å². The number of rotatable bonds is 2. The first-order valence-electron chi connectivity index (χ1n) is 3.10. The Morgan fingerprint density at radius 3 is 2.90 bits per heavy atom. The van der Waals surface area contributed by atoms with Gasteiger partial charge in [0.15, 0.2) is 0 Å². The highest BCUT2D eigenvalue weighted by molar-refractivity contribution is 9.09. The molecule has 1 aliphatic rings. The maximum atomic E-state index is 10.9. The lowest BCUT2D eigenvalue weighted by Gasteiger charge is -2.31. The Labute approximate surface area is 67.8 Å². The highest BCUT2D eigenvalue weighted by Gasteiger charge is 2.35. The van der Waals surface area contributed by atoms with E-state index in [0.29, 0.717) is 6.61 Å². The molecule has 58 valence electrons. The molecule has 2 unspecified atom stereocenters. The minimum absolute atomic E-state index is 0.0338. The summed E-state index contributed by atoms with van der Waals surface area (Å²) in [6.07, 6.45) is 0.0338. The summed E-state index contributed by atoms with van der Waals surface area (Å²) in [5, 5.41) is 0. The van der Waals surface area contributed by atoms with Gasteiger partial charge in [-0.2, -0.15) is 0 Å². The van der Waals surface area contributed by atoms with Crippen LogP contribution in [0.25, 0.3) is 0 Å². The van der Waals surface area contributed by atoms with E-state index in [4.69, 9.17) is 9.47 Å². The Morgan fingerprint density at radius 1 is 1.90 bits per heavy atom. The lowest BCUT2D eigenvalue weighted by Crippen LogP contribution is -2.43. The van der Waals surface area contributed by atoms with Crippen molar-refractivity contribution >= 4 is 21.9 Å². The highest BCUT2D eigenvalue weighted by Crippen LogP contribution is 2.20. The number of carbonyl (C=O) groups excluding carboxylic acids is 1. The standard InChI is InChI=1S/C6H9BrO3/c1-4-5(2-9-4)6(8)10-3-7/h4-5H,2-3H2,1H3. The molecule has 0 amide bonds. The minimum atomic E-state index is -0.171. The van der Waals surface area contributed by atoms with E-state index >= 15 is 0 Å². The maximum Gasteiger partial charge on any atom is 0.314 e. The Balaban J connectivity index is 2.27. The monoisotopic (exact) mass is 208 g/mol. The van der Waals surface area contributed by atoms with Crippen LogP contribution < -0.4 is 0 Å². The van der Waals surface area contributed by atoms with E-state index < -0.39 is 0 Å². The van der Waals surface area contributed by atoms with Crippen molar-refractivity contribution in [3.05, 3.63) is 0 Å². The number of hydrogen-bond acceptors (Lipinski definition) is 3. The highest BCUT2D eigenvalue weighted by atomic mass is 79.9. The molecule has 0 aromatic heterocycles. The predicted molar refractivity (Wildman–Crippen MR) is 38.8 cm³/mol. The zero-order valence-corrected chi connectivity index (χ0v) is 7.26. The fourth-order valence-corrected chi connectivity index (χ4v) is 1.03. The first-order chi connectivity index (χ1) is 4.75. The largest absolute Gasteiger partial charge is 0.454 e. The topological polar surface area (TPSA) is 35.5 Å². The summed E-state index contributed by atoms with van der Waals surface area (Å²) < 4.78 is 9.71. The number of carbonyl (C=O) groups is 1. The van der Waals surface area contributed by atoms with Gasteiger partial charge in [-0.05, 0) is 22.9 Å². The van der Waals surface area contributed by atoms with Gasteiger partial charge >= 0.3 is 5.97 Å². The quantitative estimate of drug-likeness (QED) is 0.501. The smallest absolute Gasteiger partial charge is 0.314 e. The van der Waals surface area contributed by atoms with E-state index in [0.717, 1.165) is 0 Å². The van der Waals surface area contributed by atoms with Gasteiger partial charge in [0.1, 0.15) is 11.4 Å². The number of alkyl halides is 1. The van der Waals surface area contributed by atoms with E-state index in [1.165, 1.54) is 0 Å². The Kier molecular flexibility index (Phi) is 2.68. The van der Waals surface area contributed by atoms with Crippen molar-refractivity contribution in [1.82, 2.24) is 0 Å². The summed E-state index contributed by atoms with van der Waals surface area (Å²) in [7, 11) is 0. The fourth-order valence-electron chi connectivity index (χ4n) is 0.805. The molecule has 2 atom stereocenters. The van der Waals surface area contributed by atoms with Gasteiger partial charge in [-0.25, -0.2) is 0 Å². The summed E-state index contributed by atoms with van der Waals surface area (Å²) in [5.41, 5.74) is 0.273. The van der Waals surface area contributed by atoms with Gasteiger partial charge in [0.05, 0.1) is 12.7 Å². The van der Waals surface area contributed by atoms with Crippen molar-refractivity contribution in [2.75, 3.05) is 12.1 Å². The van der Waals surface area contributed by atoms with E-state index in [2.05, 4.69) is 15.9 Å². The average Bonchev–Trinajstić information content (AvgIpc) is 1.85. The Bertz CT molecular complexity index is 137. The first kappa shape index (κ1) is 8.01. The van der Waals surface area contributed by atoms with Crippen LogP contribution >= 0.6 is 15.9 Å². The number of ether oxygens (including phenoxy) is 2. The normalized spacial score (nSPS) is 31.0. The zero-order valence-electron chi connectivity index (χ0n) is 5.67. The molecule has 4 heteroatoms. The van der Waals surface area contributed by atoms with Gasteiger partial charge in [-0.1, -0.05) is 0 Å². The molecule has 0 saturated carbocycles. The second-order valence-electron chi connectivity index (χ2n) is 2.22. The number of hydrogen-bond donors (Lipinski definition) is 0. The lowest BCUT2D eigenvalue weighted by molar-refractivity contribution is -0.173. The van der Waals surface area contributed by atoms with Crippen molar-refractivity contribution in [3.63, 3.8) is 0 Å². The average molecular weight is 209 g/mol. The van der Waals surface area contributed by atoms with E-state index in [-0.39, 0.29) is 23.5 Å². The third kappa shape index (κ3) is 1.49. The van der Waals surface area contributed by atoms with Gasteiger partial charge in [-0.3, -0.25) is 4.79 Å². The second-order valence-corrected chi connectivity index (χ2v) is 2.68. The van der Waals surface area contributed by atoms with Crippen LogP contribution in [0.5, 0.6) is 0 Å². The maximum absolute atomic E-state index is 10.9. The van der Waals surface area contributed by atoms with Crippen molar-refractivity contribution in [1.29, 1.82) is 0 Å². The number of halogens is 1. The van der Waals surface area contributed by atoms with Crippen LogP contribution in [0.3, 0.4) is 0 Å². The summed E-state index contributed by atoms with van der Waals surface area (Å²) in [4.78, 5) is 10.9. The van der Waals surface area contributed by atoms with Crippen molar-refractivity contribution in [2.24, 2.45) is 5.92 Å². The van der Waals surface area contributed by atoms with Crippen LogP contribution in [-0.2, 0) is 14.3 Å². The Morgan fingerprint density at radius 2 is 2.60 bits per heavy atom.